The molecule has 0 unspecified atom stereocenters. The molecule has 17 heavy (non-hydrogen) atoms. The molecule has 2 heterocycles. The molecule has 0 spiro atoms. The molecule has 1 saturated heterocycles. The van der Waals surface area contributed by atoms with Crippen molar-refractivity contribution in [3.8, 4) is 0 Å². The zero-order chi connectivity index (χ0) is 12.5. The van der Waals surface area contributed by atoms with E-state index in [1.165, 1.54) is 5.69 Å². The summed E-state index contributed by atoms with van der Waals surface area (Å²) >= 11 is 0. The topological polar surface area (TPSA) is 41.1 Å². The van der Waals surface area contributed by atoms with E-state index in [2.05, 4.69) is 47.9 Å². The maximum absolute atomic E-state index is 4.65. The first-order chi connectivity index (χ1) is 7.98. The molecule has 0 saturated carbocycles. The summed E-state index contributed by atoms with van der Waals surface area (Å²) in [5.74, 6) is 0.925. The molecule has 2 rings (SSSR count). The molecular formula is C13H22N4. The first-order valence-corrected chi connectivity index (χ1v) is 6.28. The molecule has 0 amide bonds. The second-order valence-electron chi connectivity index (χ2n) is 5.65. The average Bonchev–Trinajstić information content (AvgIpc) is 2.29. The predicted molar refractivity (Wildman–Crippen MR) is 70.6 cm³/mol. The van der Waals surface area contributed by atoms with Crippen LogP contribution in [0.15, 0.2) is 6.20 Å². The Bertz CT molecular complexity index is 389. The third-order valence-corrected chi connectivity index (χ3v) is 3.08. The van der Waals surface area contributed by atoms with Gasteiger partial charge in [-0.3, -0.25) is 0 Å². The van der Waals surface area contributed by atoms with Crippen LogP contribution in [-0.4, -0.2) is 36.1 Å². The van der Waals surface area contributed by atoms with Crippen molar-refractivity contribution >= 4 is 5.69 Å². The highest BCUT2D eigenvalue weighted by atomic mass is 15.2. The van der Waals surface area contributed by atoms with E-state index < -0.39 is 0 Å². The Kier molecular flexibility index (Phi) is 3.33. The predicted octanol–water partition coefficient (Wildman–Crippen LogP) is 1.49. The molecule has 4 heteroatoms. The highest BCUT2D eigenvalue weighted by Gasteiger charge is 2.20. The molecule has 0 aliphatic carbocycles. The minimum Gasteiger partial charge on any atom is -0.366 e. The summed E-state index contributed by atoms with van der Waals surface area (Å²) in [7, 11) is 0. The molecule has 1 aromatic rings. The van der Waals surface area contributed by atoms with Gasteiger partial charge in [0.2, 0.25) is 0 Å². The van der Waals surface area contributed by atoms with Crippen LogP contribution in [0.5, 0.6) is 0 Å². The van der Waals surface area contributed by atoms with Gasteiger partial charge in [-0.2, -0.15) is 0 Å². The Balaban J connectivity index is 2.25. The molecule has 1 aliphatic rings. The van der Waals surface area contributed by atoms with Crippen molar-refractivity contribution in [1.82, 2.24) is 15.3 Å². The van der Waals surface area contributed by atoms with Gasteiger partial charge in [0.15, 0.2) is 0 Å². The summed E-state index contributed by atoms with van der Waals surface area (Å²) in [6.07, 6.45) is 1.98. The maximum Gasteiger partial charge on any atom is 0.134 e. The number of nitrogens with one attached hydrogen (secondary N) is 1. The average molecular weight is 234 g/mol. The normalized spacial score (nSPS) is 17.3. The van der Waals surface area contributed by atoms with E-state index >= 15 is 0 Å². The number of anilines is 1. The molecule has 1 N–H and O–H groups in total. The van der Waals surface area contributed by atoms with Crippen molar-refractivity contribution in [2.75, 3.05) is 31.1 Å². The Morgan fingerprint density at radius 2 is 1.88 bits per heavy atom. The van der Waals surface area contributed by atoms with Crippen molar-refractivity contribution in [2.24, 2.45) is 0 Å². The van der Waals surface area contributed by atoms with E-state index in [9.17, 15) is 0 Å². The summed E-state index contributed by atoms with van der Waals surface area (Å²) in [6, 6.07) is 0. The molecule has 94 valence electrons. The molecule has 1 fully saturated rings. The minimum absolute atomic E-state index is 0.0206. The summed E-state index contributed by atoms with van der Waals surface area (Å²) in [5, 5.41) is 3.36. The van der Waals surface area contributed by atoms with Gasteiger partial charge in [-0.05, 0) is 6.92 Å². The van der Waals surface area contributed by atoms with Crippen LogP contribution in [0.3, 0.4) is 0 Å². The van der Waals surface area contributed by atoms with Gasteiger partial charge in [0.05, 0.1) is 17.6 Å². The fraction of sp³-hybridized carbons (Fsp3) is 0.692. The van der Waals surface area contributed by atoms with Crippen molar-refractivity contribution in [1.29, 1.82) is 0 Å². The largest absolute Gasteiger partial charge is 0.366 e. The van der Waals surface area contributed by atoms with Crippen LogP contribution in [-0.2, 0) is 5.41 Å². The zero-order valence-electron chi connectivity index (χ0n) is 11.2. The van der Waals surface area contributed by atoms with Gasteiger partial charge in [0.25, 0.3) is 0 Å². The van der Waals surface area contributed by atoms with Crippen LogP contribution in [0.2, 0.25) is 0 Å². The van der Waals surface area contributed by atoms with E-state index in [1.807, 2.05) is 6.20 Å². The molecule has 1 aliphatic heterocycles. The summed E-state index contributed by atoms with van der Waals surface area (Å²) in [6.45, 7) is 12.7. The fourth-order valence-corrected chi connectivity index (χ4v) is 2.04. The van der Waals surface area contributed by atoms with Crippen LogP contribution in [0, 0.1) is 6.92 Å². The number of rotatable bonds is 1. The van der Waals surface area contributed by atoms with Crippen molar-refractivity contribution in [3.05, 3.63) is 17.7 Å². The number of nitrogens with zero attached hydrogens (tertiary/aromatic N) is 3. The summed E-state index contributed by atoms with van der Waals surface area (Å²) in [5.41, 5.74) is 2.29. The van der Waals surface area contributed by atoms with Crippen molar-refractivity contribution < 1.29 is 0 Å². The number of piperazine rings is 1. The second kappa shape index (κ2) is 4.61. The lowest BCUT2D eigenvalue weighted by Crippen LogP contribution is -2.44. The monoisotopic (exact) mass is 234 g/mol. The molecular weight excluding hydrogens is 212 g/mol. The van der Waals surface area contributed by atoms with Gasteiger partial charge in [-0.25, -0.2) is 9.97 Å². The van der Waals surface area contributed by atoms with Gasteiger partial charge in [-0.15, -0.1) is 0 Å². The third kappa shape index (κ3) is 2.75. The Hall–Kier alpha value is -1.16. The molecule has 0 atom stereocenters. The van der Waals surface area contributed by atoms with Crippen LogP contribution in [0.25, 0.3) is 0 Å². The first-order valence-electron chi connectivity index (χ1n) is 6.28. The van der Waals surface area contributed by atoms with E-state index in [4.69, 9.17) is 0 Å². The summed E-state index contributed by atoms with van der Waals surface area (Å²) in [4.78, 5) is 11.5. The molecule has 0 radical (unpaired) electrons. The highest BCUT2D eigenvalue weighted by Crippen LogP contribution is 2.23. The van der Waals surface area contributed by atoms with Gasteiger partial charge in [0.1, 0.15) is 5.82 Å². The van der Waals surface area contributed by atoms with E-state index in [1.54, 1.807) is 0 Å². The zero-order valence-corrected chi connectivity index (χ0v) is 11.2. The molecule has 1 aromatic heterocycles. The summed E-state index contributed by atoms with van der Waals surface area (Å²) < 4.78 is 0. The van der Waals surface area contributed by atoms with E-state index in [-0.39, 0.29) is 5.41 Å². The lowest BCUT2D eigenvalue weighted by molar-refractivity contribution is 0.540. The number of hydrogen-bond donors (Lipinski definition) is 1. The van der Waals surface area contributed by atoms with Crippen molar-refractivity contribution in [2.45, 2.75) is 33.1 Å². The SMILES string of the molecule is Cc1nc(C(C)(C)C)ncc1N1CCNCC1. The number of hydrogen-bond acceptors (Lipinski definition) is 4. The fourth-order valence-electron chi connectivity index (χ4n) is 2.04. The van der Waals surface area contributed by atoms with Crippen molar-refractivity contribution in [3.63, 3.8) is 0 Å². The lowest BCUT2D eigenvalue weighted by Gasteiger charge is -2.30. The molecule has 0 bridgehead atoms. The molecule has 4 nitrogen and oxygen atoms in total. The van der Waals surface area contributed by atoms with Crippen LogP contribution in [0.4, 0.5) is 5.69 Å². The van der Waals surface area contributed by atoms with Crippen LogP contribution in [0.1, 0.15) is 32.3 Å². The van der Waals surface area contributed by atoms with Crippen LogP contribution >= 0.6 is 0 Å². The van der Waals surface area contributed by atoms with Crippen LogP contribution < -0.4 is 10.2 Å². The van der Waals surface area contributed by atoms with E-state index in [0.717, 1.165) is 37.7 Å². The Morgan fingerprint density at radius 1 is 1.24 bits per heavy atom. The third-order valence-electron chi connectivity index (χ3n) is 3.08. The van der Waals surface area contributed by atoms with Gasteiger partial charge in [0, 0.05) is 31.6 Å². The Labute approximate surface area is 103 Å². The van der Waals surface area contributed by atoms with Gasteiger partial charge >= 0.3 is 0 Å². The lowest BCUT2D eigenvalue weighted by atomic mass is 9.95. The first kappa shape index (κ1) is 12.3. The smallest absolute Gasteiger partial charge is 0.134 e. The maximum atomic E-state index is 4.65. The minimum atomic E-state index is 0.0206. The van der Waals surface area contributed by atoms with Gasteiger partial charge < -0.3 is 10.2 Å². The molecule has 0 aromatic carbocycles. The Morgan fingerprint density at radius 3 is 2.41 bits per heavy atom. The second-order valence-corrected chi connectivity index (χ2v) is 5.65. The van der Waals surface area contributed by atoms with Gasteiger partial charge in [-0.1, -0.05) is 20.8 Å². The standard InChI is InChI=1S/C13H22N4/c1-10-11(17-7-5-14-6-8-17)9-15-12(16-10)13(2,3)4/h9,14H,5-8H2,1-4H3. The highest BCUT2D eigenvalue weighted by molar-refractivity contribution is 5.49. The van der Waals surface area contributed by atoms with E-state index in [0.29, 0.717) is 0 Å². The quantitative estimate of drug-likeness (QED) is 0.799. The number of aromatic nitrogens is 2. The number of aryl methyl sites for hydroxylation is 1.